The van der Waals surface area contributed by atoms with Crippen molar-refractivity contribution < 1.29 is 4.74 Å². The molecule has 0 atom stereocenters. The summed E-state index contributed by atoms with van der Waals surface area (Å²) >= 11 is 15.6. The van der Waals surface area contributed by atoms with Crippen molar-refractivity contribution in [2.45, 2.75) is 73.2 Å². The molecule has 0 radical (unpaired) electrons. The minimum Gasteiger partial charge on any atom is -0.372 e. The van der Waals surface area contributed by atoms with Crippen molar-refractivity contribution in [3.05, 3.63) is 177 Å². The third kappa shape index (κ3) is 10.7. The lowest BCUT2D eigenvalue weighted by atomic mass is 10.1. The van der Waals surface area contributed by atoms with Gasteiger partial charge in [0.2, 0.25) is 0 Å². The first-order valence-corrected chi connectivity index (χ1v) is 20.1. The minimum absolute atomic E-state index is 0.231. The van der Waals surface area contributed by atoms with Gasteiger partial charge in [-0.2, -0.15) is 15.5 Å². The number of hydrogen-bond acceptors (Lipinski definition) is 7. The van der Waals surface area contributed by atoms with Crippen LogP contribution in [0, 0.1) is 25.2 Å². The third-order valence-electron chi connectivity index (χ3n) is 8.50. The number of ether oxygens (including phenoxy) is 1. The standard InChI is InChI=1S/C24H19N3S.C20H21Cl2N3OS/c1-18-23(16-19-9-4-2-5-10-19)24(27(26-18)21-12-6-3-7-13-21)28-22-14-8-11-20(15-22)17-25;1-13(2)25-20(27-18-9-16(21)8-17(22)10-18)19(14(3)24-25)12-26-11-15-4-6-23-7-5-15/h2-15H,16H2,1H3;4-10,13H,11-12H2,1-3H3. The van der Waals surface area contributed by atoms with Gasteiger partial charge < -0.3 is 4.74 Å². The fraction of sp³-hybridized carbons (Fsp3) is 0.182. The van der Waals surface area contributed by atoms with E-state index in [1.165, 1.54) is 11.1 Å². The lowest BCUT2D eigenvalue weighted by molar-refractivity contribution is 0.105. The van der Waals surface area contributed by atoms with Crippen LogP contribution in [0.2, 0.25) is 10.0 Å². The molecule has 0 amide bonds. The largest absolute Gasteiger partial charge is 0.372 e. The molecule has 0 aliphatic carbocycles. The number of aryl methyl sites for hydroxylation is 2. The molecule has 0 aliphatic heterocycles. The third-order valence-corrected chi connectivity index (χ3v) is 11.1. The maximum absolute atomic E-state index is 9.24. The van der Waals surface area contributed by atoms with Crippen LogP contribution in [-0.4, -0.2) is 24.5 Å². The van der Waals surface area contributed by atoms with Crippen LogP contribution < -0.4 is 0 Å². The Labute approximate surface area is 341 Å². The highest BCUT2D eigenvalue weighted by Crippen LogP contribution is 2.38. The summed E-state index contributed by atoms with van der Waals surface area (Å²) in [5, 5.41) is 22.2. The van der Waals surface area contributed by atoms with Gasteiger partial charge in [-0.3, -0.25) is 9.67 Å². The summed E-state index contributed by atoms with van der Waals surface area (Å²) in [6.07, 6.45) is 4.36. The zero-order valence-electron chi connectivity index (χ0n) is 31.0. The fourth-order valence-electron chi connectivity index (χ4n) is 5.77. The van der Waals surface area contributed by atoms with Gasteiger partial charge in [-0.1, -0.05) is 101 Å². The molecule has 278 valence electrons. The summed E-state index contributed by atoms with van der Waals surface area (Å²) in [5.41, 5.74) is 8.32. The Balaban J connectivity index is 0.000000187. The number of para-hydroxylation sites is 1. The maximum Gasteiger partial charge on any atom is 0.108 e. The second kappa shape index (κ2) is 19.2. The summed E-state index contributed by atoms with van der Waals surface area (Å²) in [4.78, 5) is 6.04. The molecule has 55 heavy (non-hydrogen) atoms. The molecule has 0 spiro atoms. The number of rotatable bonds is 12. The van der Waals surface area contributed by atoms with E-state index in [0.717, 1.165) is 54.5 Å². The highest BCUT2D eigenvalue weighted by molar-refractivity contribution is 7.99. The highest BCUT2D eigenvalue weighted by Gasteiger charge is 2.20. The van der Waals surface area contributed by atoms with Crippen LogP contribution in [-0.2, 0) is 24.4 Å². The molecular weight excluding hydrogens is 764 g/mol. The van der Waals surface area contributed by atoms with Crippen LogP contribution in [0.5, 0.6) is 0 Å². The molecule has 0 unspecified atom stereocenters. The Kier molecular flexibility index (Phi) is 13.9. The van der Waals surface area contributed by atoms with E-state index in [1.807, 2.05) is 89.1 Å². The predicted octanol–water partition coefficient (Wildman–Crippen LogP) is 12.1. The Morgan fingerprint density at radius 3 is 2.02 bits per heavy atom. The van der Waals surface area contributed by atoms with Crippen molar-refractivity contribution in [2.24, 2.45) is 0 Å². The van der Waals surface area contributed by atoms with Crippen molar-refractivity contribution in [2.75, 3.05) is 0 Å². The van der Waals surface area contributed by atoms with E-state index in [9.17, 15) is 5.26 Å². The number of nitriles is 1. The normalized spacial score (nSPS) is 10.9. The zero-order chi connectivity index (χ0) is 38.7. The van der Waals surface area contributed by atoms with Crippen LogP contribution >= 0.6 is 46.7 Å². The SMILES string of the molecule is Cc1nn(-c2ccccc2)c(Sc2cccc(C#N)c2)c1Cc1ccccc1.Cc1nn(C(C)C)c(Sc2cc(Cl)cc(Cl)c2)c1COCc1ccncc1. The van der Waals surface area contributed by atoms with Gasteiger partial charge in [-0.05, 0) is 99.5 Å². The summed E-state index contributed by atoms with van der Waals surface area (Å²) in [5.74, 6) is 0. The van der Waals surface area contributed by atoms with Crippen LogP contribution in [0.1, 0.15) is 59.1 Å². The van der Waals surface area contributed by atoms with E-state index < -0.39 is 0 Å². The molecule has 0 saturated carbocycles. The van der Waals surface area contributed by atoms with Crippen molar-refractivity contribution in [3.63, 3.8) is 0 Å². The van der Waals surface area contributed by atoms with E-state index in [0.29, 0.717) is 28.8 Å². The Bertz CT molecular complexity index is 2360. The maximum atomic E-state index is 9.24. The van der Waals surface area contributed by atoms with E-state index in [4.69, 9.17) is 38.1 Å². The molecule has 3 aromatic heterocycles. The van der Waals surface area contributed by atoms with Gasteiger partial charge in [0.15, 0.2) is 0 Å². The van der Waals surface area contributed by atoms with E-state index >= 15 is 0 Å². The van der Waals surface area contributed by atoms with Crippen LogP contribution in [0.15, 0.2) is 147 Å². The minimum atomic E-state index is 0.231. The molecule has 0 bridgehead atoms. The first kappa shape index (κ1) is 39.9. The van der Waals surface area contributed by atoms with E-state index in [1.54, 1.807) is 42.0 Å². The van der Waals surface area contributed by atoms with Gasteiger partial charge in [0.1, 0.15) is 10.1 Å². The van der Waals surface area contributed by atoms with Gasteiger partial charge in [0, 0.05) is 55.8 Å². The molecule has 7 aromatic rings. The second-order valence-electron chi connectivity index (χ2n) is 13.0. The first-order chi connectivity index (χ1) is 26.7. The molecule has 7 nitrogen and oxygen atoms in total. The molecule has 3 heterocycles. The second-order valence-corrected chi connectivity index (χ2v) is 16.0. The van der Waals surface area contributed by atoms with Crippen LogP contribution in [0.3, 0.4) is 0 Å². The first-order valence-electron chi connectivity index (χ1n) is 17.7. The highest BCUT2D eigenvalue weighted by atomic mass is 35.5. The van der Waals surface area contributed by atoms with E-state index in [-0.39, 0.29) is 6.04 Å². The van der Waals surface area contributed by atoms with Gasteiger partial charge >= 0.3 is 0 Å². The van der Waals surface area contributed by atoms with Gasteiger partial charge in [-0.25, -0.2) is 4.68 Å². The number of pyridine rings is 1. The summed E-state index contributed by atoms with van der Waals surface area (Å²) in [6, 6.07) is 40.3. The number of hydrogen-bond donors (Lipinski definition) is 0. The van der Waals surface area contributed by atoms with Crippen LogP contribution in [0.4, 0.5) is 0 Å². The smallest absolute Gasteiger partial charge is 0.108 e. The molecule has 0 aliphatic rings. The quantitative estimate of drug-likeness (QED) is 0.122. The fourth-order valence-corrected chi connectivity index (χ4v) is 8.82. The van der Waals surface area contributed by atoms with Crippen LogP contribution in [0.25, 0.3) is 5.69 Å². The number of halogens is 2. The van der Waals surface area contributed by atoms with E-state index in [2.05, 4.69) is 68.2 Å². The summed E-state index contributed by atoms with van der Waals surface area (Å²) in [6.45, 7) is 9.32. The Morgan fingerprint density at radius 2 is 1.35 bits per heavy atom. The average Bonchev–Trinajstić information content (AvgIpc) is 3.66. The number of nitrogens with zero attached hydrogens (tertiary/aromatic N) is 6. The van der Waals surface area contributed by atoms with Gasteiger partial charge in [0.25, 0.3) is 0 Å². The lowest BCUT2D eigenvalue weighted by Gasteiger charge is -2.13. The molecule has 0 saturated heterocycles. The van der Waals surface area contributed by atoms with Crippen molar-refractivity contribution in [1.82, 2.24) is 24.5 Å². The molecule has 0 N–H and O–H groups in total. The molecule has 4 aromatic carbocycles. The molecule has 0 fully saturated rings. The molecule has 11 heteroatoms. The summed E-state index contributed by atoms with van der Waals surface area (Å²) < 4.78 is 10.00. The van der Waals surface area contributed by atoms with Crippen molar-refractivity contribution in [1.29, 1.82) is 5.26 Å². The lowest BCUT2D eigenvalue weighted by Crippen LogP contribution is -2.05. The Morgan fingerprint density at radius 1 is 0.691 bits per heavy atom. The van der Waals surface area contributed by atoms with Gasteiger partial charge in [0.05, 0.1) is 41.9 Å². The van der Waals surface area contributed by atoms with Gasteiger partial charge in [-0.15, -0.1) is 0 Å². The van der Waals surface area contributed by atoms with Crippen molar-refractivity contribution in [3.8, 4) is 11.8 Å². The summed E-state index contributed by atoms with van der Waals surface area (Å²) in [7, 11) is 0. The Hall–Kier alpha value is -4.82. The number of aromatic nitrogens is 5. The number of benzene rings is 4. The molecular formula is C44H40Cl2N6OS2. The monoisotopic (exact) mass is 802 g/mol. The predicted molar refractivity (Wildman–Crippen MR) is 223 cm³/mol. The van der Waals surface area contributed by atoms with Crippen molar-refractivity contribution >= 4 is 46.7 Å². The molecule has 7 rings (SSSR count). The zero-order valence-corrected chi connectivity index (χ0v) is 34.1. The topological polar surface area (TPSA) is 81.5 Å². The average molecular weight is 804 g/mol.